The first-order valence-electron chi connectivity index (χ1n) is 6.51. The maximum atomic E-state index is 10.5. The van der Waals surface area contributed by atoms with Crippen LogP contribution in [-0.2, 0) is 20.9 Å². The lowest BCUT2D eigenvalue weighted by Gasteiger charge is -2.30. The van der Waals surface area contributed by atoms with Crippen LogP contribution in [0.3, 0.4) is 0 Å². The van der Waals surface area contributed by atoms with E-state index in [9.17, 15) is 4.79 Å². The average molecular weight is 347 g/mol. The Balaban J connectivity index is 2.09. The molecule has 0 radical (unpaired) electrons. The van der Waals surface area contributed by atoms with Gasteiger partial charge in [0.2, 0.25) is 0 Å². The van der Waals surface area contributed by atoms with Gasteiger partial charge >= 0.3 is 0 Å². The highest BCUT2D eigenvalue weighted by atomic mass is 79.9. The normalized spacial score (nSPS) is 25.3. The second kappa shape index (κ2) is 7.94. The van der Waals surface area contributed by atoms with Crippen molar-refractivity contribution in [1.82, 2.24) is 0 Å². The zero-order chi connectivity index (χ0) is 15.1. The molecule has 0 bridgehead atoms. The third-order valence-corrected chi connectivity index (χ3v) is 3.69. The molecule has 1 heterocycles. The van der Waals surface area contributed by atoms with Crippen molar-refractivity contribution in [2.45, 2.75) is 24.9 Å². The van der Waals surface area contributed by atoms with Gasteiger partial charge in [0.05, 0.1) is 6.61 Å². The summed E-state index contributed by atoms with van der Waals surface area (Å²) >= 11 is 3.40. The molecular weight excluding hydrogens is 332 g/mol. The number of halogens is 1. The van der Waals surface area contributed by atoms with Crippen LogP contribution >= 0.6 is 15.9 Å². The third-order valence-electron chi connectivity index (χ3n) is 3.01. The van der Waals surface area contributed by atoms with Gasteiger partial charge in [-0.15, -0.1) is 6.42 Å². The lowest BCUT2D eigenvalue weighted by atomic mass is 10.1. The zero-order valence-corrected chi connectivity index (χ0v) is 12.9. The summed E-state index contributed by atoms with van der Waals surface area (Å²) in [6, 6.07) is 9.85. The molecule has 108 valence electrons. The highest BCUT2D eigenvalue weighted by Gasteiger charge is 2.29. The number of carbonyl (C=O) groups is 1. The van der Waals surface area contributed by atoms with Gasteiger partial charge in [-0.3, -0.25) is 4.79 Å². The largest absolute Gasteiger partial charge is 0.366 e. The van der Waals surface area contributed by atoms with E-state index < -0.39 is 6.10 Å². The standard InChI is InChI=1S/C17H15BrO3/c1-2-15-14(18)11-17(16(21-15)9-6-10-19)20-12-13-7-4-3-5-8-13/h1,3-11,15-17H,12H2/b9-6+/t15-,16-,17-/m1/s1. The Morgan fingerprint density at radius 3 is 2.81 bits per heavy atom. The van der Waals surface area contributed by atoms with E-state index in [0.717, 1.165) is 10.0 Å². The smallest absolute Gasteiger partial charge is 0.150 e. The van der Waals surface area contributed by atoms with Gasteiger partial charge in [0.25, 0.3) is 0 Å². The Bertz CT molecular complexity index is 571. The molecule has 4 heteroatoms. The minimum absolute atomic E-state index is 0.305. The first-order chi connectivity index (χ1) is 10.2. The third kappa shape index (κ3) is 4.40. The number of benzene rings is 1. The molecule has 0 saturated heterocycles. The molecule has 0 aromatic heterocycles. The number of ether oxygens (including phenoxy) is 2. The molecule has 3 nitrogen and oxygen atoms in total. The van der Waals surface area contributed by atoms with Gasteiger partial charge < -0.3 is 9.47 Å². The molecule has 0 aliphatic carbocycles. The Morgan fingerprint density at radius 2 is 2.14 bits per heavy atom. The highest BCUT2D eigenvalue weighted by molar-refractivity contribution is 9.11. The van der Waals surface area contributed by atoms with E-state index in [1.54, 1.807) is 6.08 Å². The zero-order valence-electron chi connectivity index (χ0n) is 11.3. The van der Waals surface area contributed by atoms with Crippen molar-refractivity contribution in [3.05, 3.63) is 58.6 Å². The summed E-state index contributed by atoms with van der Waals surface area (Å²) in [5.74, 6) is 2.54. The molecule has 0 amide bonds. The first kappa shape index (κ1) is 15.7. The Hall–Kier alpha value is -1.67. The van der Waals surface area contributed by atoms with Crippen LogP contribution in [0, 0.1) is 12.3 Å². The maximum absolute atomic E-state index is 10.5. The fraction of sp³-hybridized carbons (Fsp3) is 0.235. The number of terminal acetylenes is 1. The van der Waals surface area contributed by atoms with Crippen LogP contribution in [-0.4, -0.2) is 24.6 Å². The monoisotopic (exact) mass is 346 g/mol. The Labute approximate surface area is 132 Å². The Morgan fingerprint density at radius 1 is 1.38 bits per heavy atom. The van der Waals surface area contributed by atoms with Crippen LogP contribution in [0.1, 0.15) is 5.56 Å². The molecule has 1 aromatic rings. The number of hydrogen-bond donors (Lipinski definition) is 0. The highest BCUT2D eigenvalue weighted by Crippen LogP contribution is 2.26. The number of rotatable bonds is 5. The van der Waals surface area contributed by atoms with Crippen molar-refractivity contribution in [3.8, 4) is 12.3 Å². The molecule has 21 heavy (non-hydrogen) atoms. The van der Waals surface area contributed by atoms with Crippen LogP contribution in [0.4, 0.5) is 0 Å². The quantitative estimate of drug-likeness (QED) is 0.467. The van der Waals surface area contributed by atoms with Gasteiger partial charge in [0.15, 0.2) is 0 Å². The molecule has 1 aromatic carbocycles. The summed E-state index contributed by atoms with van der Waals surface area (Å²) in [6.45, 7) is 0.456. The SMILES string of the molecule is C#C[C@H]1O[C@H](/C=C/C=O)[C@H](OCc2ccccc2)C=C1Br. The second-order valence-corrected chi connectivity index (χ2v) is 5.40. The minimum atomic E-state index is -0.456. The summed E-state index contributed by atoms with van der Waals surface area (Å²) < 4.78 is 12.4. The average Bonchev–Trinajstić information content (AvgIpc) is 2.52. The van der Waals surface area contributed by atoms with E-state index >= 15 is 0 Å². The predicted octanol–water partition coefficient (Wildman–Crippen LogP) is 3.01. The maximum Gasteiger partial charge on any atom is 0.150 e. The van der Waals surface area contributed by atoms with Crippen LogP contribution in [0.25, 0.3) is 0 Å². The van der Waals surface area contributed by atoms with Crippen LogP contribution < -0.4 is 0 Å². The van der Waals surface area contributed by atoms with Crippen molar-refractivity contribution in [3.63, 3.8) is 0 Å². The van der Waals surface area contributed by atoms with Gasteiger partial charge in [0, 0.05) is 4.48 Å². The molecule has 0 unspecified atom stereocenters. The Kier molecular flexibility index (Phi) is 5.94. The van der Waals surface area contributed by atoms with Crippen LogP contribution in [0.2, 0.25) is 0 Å². The minimum Gasteiger partial charge on any atom is -0.366 e. The lowest BCUT2D eigenvalue weighted by Crippen LogP contribution is -2.36. The summed E-state index contributed by atoms with van der Waals surface area (Å²) in [7, 11) is 0. The van der Waals surface area contributed by atoms with E-state index in [0.29, 0.717) is 12.9 Å². The van der Waals surface area contributed by atoms with Crippen molar-refractivity contribution < 1.29 is 14.3 Å². The molecule has 0 N–H and O–H groups in total. The van der Waals surface area contributed by atoms with Crippen molar-refractivity contribution in [2.75, 3.05) is 0 Å². The van der Waals surface area contributed by atoms with E-state index in [-0.39, 0.29) is 12.2 Å². The number of carbonyl (C=O) groups excluding carboxylic acids is 1. The van der Waals surface area contributed by atoms with Gasteiger partial charge in [-0.25, -0.2) is 0 Å². The van der Waals surface area contributed by atoms with E-state index in [4.69, 9.17) is 15.9 Å². The van der Waals surface area contributed by atoms with Crippen molar-refractivity contribution >= 4 is 22.2 Å². The summed E-state index contributed by atoms with van der Waals surface area (Å²) in [6.07, 6.45) is 9.90. The summed E-state index contributed by atoms with van der Waals surface area (Å²) in [5.41, 5.74) is 1.07. The van der Waals surface area contributed by atoms with Gasteiger partial charge in [-0.05, 0) is 23.8 Å². The van der Waals surface area contributed by atoms with E-state index in [1.807, 2.05) is 36.4 Å². The van der Waals surface area contributed by atoms with E-state index in [2.05, 4.69) is 21.9 Å². The second-order valence-electron chi connectivity index (χ2n) is 4.48. The number of allylic oxidation sites excluding steroid dienone is 1. The molecule has 0 spiro atoms. The molecule has 0 saturated carbocycles. The summed E-state index contributed by atoms with van der Waals surface area (Å²) in [5, 5.41) is 0. The fourth-order valence-electron chi connectivity index (χ4n) is 1.98. The predicted molar refractivity (Wildman–Crippen MR) is 84.7 cm³/mol. The summed E-state index contributed by atoms with van der Waals surface area (Å²) in [4.78, 5) is 10.5. The van der Waals surface area contributed by atoms with Crippen molar-refractivity contribution in [1.29, 1.82) is 0 Å². The van der Waals surface area contributed by atoms with Crippen LogP contribution in [0.15, 0.2) is 53.0 Å². The molecule has 1 aliphatic heterocycles. The van der Waals surface area contributed by atoms with Gasteiger partial charge in [-0.2, -0.15) is 0 Å². The first-order valence-corrected chi connectivity index (χ1v) is 7.30. The molecule has 3 atom stereocenters. The molecule has 1 aliphatic rings. The van der Waals surface area contributed by atoms with Gasteiger partial charge in [0.1, 0.15) is 24.6 Å². The van der Waals surface area contributed by atoms with Crippen LogP contribution in [0.5, 0.6) is 0 Å². The number of hydrogen-bond acceptors (Lipinski definition) is 3. The van der Waals surface area contributed by atoms with E-state index in [1.165, 1.54) is 6.08 Å². The molecular formula is C17H15BrO3. The topological polar surface area (TPSA) is 35.5 Å². The lowest BCUT2D eigenvalue weighted by molar-refractivity contribution is -0.104. The number of aldehydes is 1. The fourth-order valence-corrected chi connectivity index (χ4v) is 2.48. The molecule has 2 rings (SSSR count). The van der Waals surface area contributed by atoms with Gasteiger partial charge in [-0.1, -0.05) is 52.2 Å². The van der Waals surface area contributed by atoms with Crippen molar-refractivity contribution in [2.24, 2.45) is 0 Å². The molecule has 0 fully saturated rings.